The number of ether oxygens (including phenoxy) is 1. The molecule has 0 aromatic rings. The lowest BCUT2D eigenvalue weighted by Crippen LogP contribution is -2.57. The molecule has 0 aliphatic carbocycles. The van der Waals surface area contributed by atoms with Gasteiger partial charge in [0, 0.05) is 6.42 Å². The minimum atomic E-state index is -1.53. The molecule has 3 unspecified atom stereocenters. The summed E-state index contributed by atoms with van der Waals surface area (Å²) in [5.74, 6) is -0.0686. The zero-order chi connectivity index (χ0) is 11.6. The number of carbonyl (C=O) groups excluding carboxylic acids is 1. The van der Waals surface area contributed by atoms with Gasteiger partial charge in [0.2, 0.25) is 0 Å². The van der Waals surface area contributed by atoms with Crippen LogP contribution in [-0.2, 0) is 9.53 Å². The third-order valence-electron chi connectivity index (χ3n) is 2.47. The maximum Gasteiger partial charge on any atom is 0.183 e. The first-order valence-electron chi connectivity index (χ1n) is 4.80. The highest BCUT2D eigenvalue weighted by molar-refractivity contribution is 5.75. The van der Waals surface area contributed by atoms with E-state index in [2.05, 4.69) is 0 Å². The molecule has 1 fully saturated rings. The van der Waals surface area contributed by atoms with Gasteiger partial charge in [-0.3, -0.25) is 0 Å². The summed E-state index contributed by atoms with van der Waals surface area (Å²) in [7, 11) is 0. The van der Waals surface area contributed by atoms with Gasteiger partial charge < -0.3 is 30.0 Å². The third kappa shape index (κ3) is 2.96. The van der Waals surface area contributed by atoms with Gasteiger partial charge in [-0.05, 0) is 13.3 Å². The smallest absolute Gasteiger partial charge is 0.183 e. The number of aliphatic hydroxyl groups is 4. The molecule has 1 saturated heterocycles. The molecule has 1 aliphatic rings. The van der Waals surface area contributed by atoms with E-state index in [4.69, 9.17) is 9.84 Å². The molecule has 0 spiro atoms. The number of carbonyl (C=O) groups is 1. The molecule has 5 atom stereocenters. The van der Waals surface area contributed by atoms with Gasteiger partial charge in [-0.1, -0.05) is 0 Å². The predicted octanol–water partition coefficient (Wildman–Crippen LogP) is -1.84. The van der Waals surface area contributed by atoms with E-state index >= 15 is 0 Å². The number of hydrogen-bond acceptors (Lipinski definition) is 6. The molecule has 0 aromatic heterocycles. The second-order valence-electron chi connectivity index (χ2n) is 3.78. The average Bonchev–Trinajstić information content (AvgIpc) is 2.18. The number of aliphatic hydroxyl groups excluding tert-OH is 4. The molecule has 1 rings (SSSR count). The normalized spacial score (nSPS) is 41.5. The van der Waals surface area contributed by atoms with Gasteiger partial charge in [0.05, 0.1) is 6.10 Å². The lowest BCUT2D eigenvalue weighted by Gasteiger charge is -2.38. The summed E-state index contributed by atoms with van der Waals surface area (Å²) in [6.07, 6.45) is -6.22. The highest BCUT2D eigenvalue weighted by Crippen LogP contribution is 2.22. The van der Waals surface area contributed by atoms with Crippen LogP contribution in [0.1, 0.15) is 19.8 Å². The van der Waals surface area contributed by atoms with Crippen LogP contribution in [0.15, 0.2) is 0 Å². The summed E-state index contributed by atoms with van der Waals surface area (Å²) in [6.45, 7) is 1.40. The van der Waals surface area contributed by atoms with Crippen molar-refractivity contribution in [3.8, 4) is 0 Å². The number of hydrogen-bond donors (Lipinski definition) is 4. The van der Waals surface area contributed by atoms with Gasteiger partial charge in [0.1, 0.15) is 24.1 Å². The predicted molar refractivity (Wildman–Crippen MR) is 48.8 cm³/mol. The van der Waals surface area contributed by atoms with E-state index in [1.165, 1.54) is 6.92 Å². The highest BCUT2D eigenvalue weighted by atomic mass is 16.6. The maximum absolute atomic E-state index is 10.7. The standard InChI is InChI=1S/C9H16O6/c1-4(10)2-3-5-6(11)7(12)8(13)9(14)15-5/h5-9,11-14H,2-3H2,1H3/t5?,6-,7?,8?,9+/m1/s1. The average molecular weight is 220 g/mol. The Morgan fingerprint density at radius 3 is 2.27 bits per heavy atom. The number of rotatable bonds is 3. The summed E-state index contributed by atoms with van der Waals surface area (Å²) in [5, 5.41) is 37.1. The monoisotopic (exact) mass is 220 g/mol. The van der Waals surface area contributed by atoms with Crippen molar-refractivity contribution in [3.05, 3.63) is 0 Å². The van der Waals surface area contributed by atoms with Crippen LogP contribution >= 0.6 is 0 Å². The van der Waals surface area contributed by atoms with Crippen LogP contribution in [0.25, 0.3) is 0 Å². The molecule has 0 saturated carbocycles. The Morgan fingerprint density at radius 1 is 1.13 bits per heavy atom. The van der Waals surface area contributed by atoms with Crippen LogP contribution in [0.3, 0.4) is 0 Å². The third-order valence-corrected chi connectivity index (χ3v) is 2.47. The molecule has 6 nitrogen and oxygen atoms in total. The minimum Gasteiger partial charge on any atom is -0.388 e. The van der Waals surface area contributed by atoms with E-state index in [1.54, 1.807) is 0 Å². The van der Waals surface area contributed by atoms with Gasteiger partial charge in [0.15, 0.2) is 6.29 Å². The minimum absolute atomic E-state index is 0.0686. The molecule has 1 heterocycles. The van der Waals surface area contributed by atoms with Crippen molar-refractivity contribution in [2.45, 2.75) is 50.5 Å². The molecule has 1 aliphatic heterocycles. The number of Topliss-reactive ketones (excluding diaryl/α,β-unsaturated/α-hetero) is 1. The van der Waals surface area contributed by atoms with Crippen molar-refractivity contribution < 1.29 is 30.0 Å². The maximum atomic E-state index is 10.7. The molecule has 4 N–H and O–H groups in total. The van der Waals surface area contributed by atoms with Gasteiger partial charge in [-0.2, -0.15) is 0 Å². The Bertz CT molecular complexity index is 231. The van der Waals surface area contributed by atoms with Crippen molar-refractivity contribution in [2.24, 2.45) is 0 Å². The first-order valence-corrected chi connectivity index (χ1v) is 4.80. The largest absolute Gasteiger partial charge is 0.388 e. The van der Waals surface area contributed by atoms with E-state index in [0.717, 1.165) is 0 Å². The summed E-state index contributed by atoms with van der Waals surface area (Å²) in [5.41, 5.74) is 0. The van der Waals surface area contributed by atoms with Crippen LogP contribution in [0.5, 0.6) is 0 Å². The van der Waals surface area contributed by atoms with Gasteiger partial charge in [-0.25, -0.2) is 0 Å². The summed E-state index contributed by atoms with van der Waals surface area (Å²) in [4.78, 5) is 10.7. The van der Waals surface area contributed by atoms with E-state index in [1.807, 2.05) is 0 Å². The van der Waals surface area contributed by atoms with E-state index in [0.29, 0.717) is 0 Å². The number of ketones is 1. The Balaban J connectivity index is 2.54. The lowest BCUT2D eigenvalue weighted by molar-refractivity contribution is -0.282. The van der Waals surface area contributed by atoms with Crippen LogP contribution in [0.2, 0.25) is 0 Å². The van der Waals surface area contributed by atoms with E-state index in [9.17, 15) is 20.1 Å². The first-order chi connectivity index (χ1) is 6.93. The summed E-state index contributed by atoms with van der Waals surface area (Å²) in [6, 6.07) is 0. The van der Waals surface area contributed by atoms with E-state index in [-0.39, 0.29) is 18.6 Å². The zero-order valence-corrected chi connectivity index (χ0v) is 8.41. The van der Waals surface area contributed by atoms with Crippen molar-refractivity contribution in [1.82, 2.24) is 0 Å². The van der Waals surface area contributed by atoms with Crippen LogP contribution in [-0.4, -0.2) is 56.9 Å². The van der Waals surface area contributed by atoms with Gasteiger partial charge >= 0.3 is 0 Å². The van der Waals surface area contributed by atoms with Crippen molar-refractivity contribution in [2.75, 3.05) is 0 Å². The Hall–Kier alpha value is -0.530. The van der Waals surface area contributed by atoms with Gasteiger partial charge in [-0.15, -0.1) is 0 Å². The molecule has 0 aromatic carbocycles. The molecule has 0 amide bonds. The SMILES string of the molecule is CC(=O)CCC1O[C@H](O)C(O)C(O)[C@@H]1O. The van der Waals surface area contributed by atoms with Crippen molar-refractivity contribution in [1.29, 1.82) is 0 Å². The van der Waals surface area contributed by atoms with Crippen LogP contribution in [0.4, 0.5) is 0 Å². The molecule has 15 heavy (non-hydrogen) atoms. The molecular weight excluding hydrogens is 204 g/mol. The molecule has 0 radical (unpaired) electrons. The Morgan fingerprint density at radius 2 is 1.73 bits per heavy atom. The van der Waals surface area contributed by atoms with Gasteiger partial charge in [0.25, 0.3) is 0 Å². The fourth-order valence-corrected chi connectivity index (χ4v) is 1.52. The molecule has 88 valence electrons. The molecular formula is C9H16O6. The van der Waals surface area contributed by atoms with E-state index < -0.39 is 30.7 Å². The summed E-state index contributed by atoms with van der Waals surface area (Å²) >= 11 is 0. The highest BCUT2D eigenvalue weighted by Gasteiger charge is 2.42. The second kappa shape index (κ2) is 5.00. The topological polar surface area (TPSA) is 107 Å². The summed E-state index contributed by atoms with van der Waals surface area (Å²) < 4.78 is 4.87. The van der Waals surface area contributed by atoms with Crippen molar-refractivity contribution >= 4 is 5.78 Å². The fraction of sp³-hybridized carbons (Fsp3) is 0.889. The fourth-order valence-electron chi connectivity index (χ4n) is 1.52. The van der Waals surface area contributed by atoms with Crippen LogP contribution in [0, 0.1) is 0 Å². The second-order valence-corrected chi connectivity index (χ2v) is 3.78. The van der Waals surface area contributed by atoms with Crippen molar-refractivity contribution in [3.63, 3.8) is 0 Å². The molecule has 0 bridgehead atoms. The lowest BCUT2D eigenvalue weighted by atomic mass is 9.95. The Kier molecular flexibility index (Phi) is 4.18. The quantitative estimate of drug-likeness (QED) is 0.445. The molecule has 6 heteroatoms. The zero-order valence-electron chi connectivity index (χ0n) is 8.41. The Labute approximate surface area is 87.1 Å². The first kappa shape index (κ1) is 12.5. The van der Waals surface area contributed by atoms with Crippen LogP contribution < -0.4 is 0 Å².